The summed E-state index contributed by atoms with van der Waals surface area (Å²) in [5.41, 5.74) is 0.129. The van der Waals surface area contributed by atoms with E-state index in [4.69, 9.17) is 0 Å². The summed E-state index contributed by atoms with van der Waals surface area (Å²) in [6, 6.07) is -0.313. The second-order valence-corrected chi connectivity index (χ2v) is 4.99. The van der Waals surface area contributed by atoms with Crippen LogP contribution in [0.1, 0.15) is 27.2 Å². The number of carbonyl (C=O) groups is 2. The summed E-state index contributed by atoms with van der Waals surface area (Å²) in [7, 11) is 1.53. The maximum absolute atomic E-state index is 11.5. The van der Waals surface area contributed by atoms with Gasteiger partial charge in [-0.2, -0.15) is 0 Å². The molecule has 0 aliphatic carbocycles. The number of nitrogens with one attached hydrogen (secondary N) is 1. The zero-order valence-electron chi connectivity index (χ0n) is 9.26. The quantitative estimate of drug-likeness (QED) is 0.653. The zero-order chi connectivity index (χ0) is 10.9. The van der Waals surface area contributed by atoms with Crippen molar-refractivity contribution >= 4 is 11.8 Å². The number of amides is 2. The number of likely N-dealkylation sites (tertiary alicyclic amines) is 1. The molecule has 1 fully saturated rings. The summed E-state index contributed by atoms with van der Waals surface area (Å²) in [4.78, 5) is 23.9. The monoisotopic (exact) mass is 198 g/mol. The van der Waals surface area contributed by atoms with Crippen molar-refractivity contribution in [2.45, 2.75) is 33.2 Å². The molecule has 0 aromatic carbocycles. The zero-order valence-corrected chi connectivity index (χ0v) is 9.26. The van der Waals surface area contributed by atoms with E-state index in [2.05, 4.69) is 26.1 Å². The lowest BCUT2D eigenvalue weighted by Crippen LogP contribution is -2.40. The van der Waals surface area contributed by atoms with Crippen molar-refractivity contribution in [1.29, 1.82) is 0 Å². The van der Waals surface area contributed by atoms with Crippen molar-refractivity contribution in [2.75, 3.05) is 13.6 Å². The fourth-order valence-corrected chi connectivity index (χ4v) is 1.34. The highest BCUT2D eigenvalue weighted by Gasteiger charge is 2.35. The molecule has 0 saturated carbocycles. The molecule has 0 radical (unpaired) electrons. The minimum absolute atomic E-state index is 0.0959. The van der Waals surface area contributed by atoms with Crippen molar-refractivity contribution in [2.24, 2.45) is 5.41 Å². The molecule has 0 bridgehead atoms. The van der Waals surface area contributed by atoms with Gasteiger partial charge in [0.1, 0.15) is 0 Å². The Balaban J connectivity index is 2.48. The van der Waals surface area contributed by atoms with Crippen LogP contribution in [0.5, 0.6) is 0 Å². The summed E-state index contributed by atoms with van der Waals surface area (Å²) in [6.07, 6.45) is 0.297. The van der Waals surface area contributed by atoms with E-state index in [1.165, 1.54) is 11.9 Å². The number of hydrogen-bond acceptors (Lipinski definition) is 3. The molecule has 14 heavy (non-hydrogen) atoms. The molecule has 1 aliphatic heterocycles. The molecule has 0 aromatic rings. The summed E-state index contributed by atoms with van der Waals surface area (Å²) in [5, 5.41) is 3.12. The van der Waals surface area contributed by atoms with E-state index in [1.54, 1.807) is 0 Å². The molecule has 4 nitrogen and oxygen atoms in total. The van der Waals surface area contributed by atoms with Crippen molar-refractivity contribution < 1.29 is 9.59 Å². The lowest BCUT2D eigenvalue weighted by atomic mass is 9.96. The molecule has 1 saturated heterocycles. The Kier molecular flexibility index (Phi) is 2.95. The molecular formula is C10H18N2O2. The predicted octanol–water partition coefficient (Wildman–Crippen LogP) is 0.379. The van der Waals surface area contributed by atoms with Gasteiger partial charge in [0, 0.05) is 13.6 Å². The maximum atomic E-state index is 11.5. The Labute approximate surface area is 84.7 Å². The van der Waals surface area contributed by atoms with Gasteiger partial charge in [-0.05, 0) is 5.41 Å². The molecule has 1 N–H and O–H groups in total. The summed E-state index contributed by atoms with van der Waals surface area (Å²) >= 11 is 0. The highest BCUT2D eigenvalue weighted by molar-refractivity contribution is 6.05. The van der Waals surface area contributed by atoms with Crippen molar-refractivity contribution in [3.63, 3.8) is 0 Å². The van der Waals surface area contributed by atoms with E-state index in [-0.39, 0.29) is 23.3 Å². The van der Waals surface area contributed by atoms with Crippen LogP contribution in [-0.4, -0.2) is 36.3 Å². The van der Waals surface area contributed by atoms with Gasteiger partial charge in [0.2, 0.25) is 11.8 Å². The van der Waals surface area contributed by atoms with Crippen LogP contribution in [0.4, 0.5) is 0 Å². The topological polar surface area (TPSA) is 49.4 Å². The van der Waals surface area contributed by atoms with E-state index in [0.29, 0.717) is 6.42 Å². The Morgan fingerprint density at radius 2 is 2.00 bits per heavy atom. The molecule has 1 rings (SSSR count). The van der Waals surface area contributed by atoms with Crippen LogP contribution in [0.25, 0.3) is 0 Å². The fraction of sp³-hybridized carbons (Fsp3) is 0.800. The van der Waals surface area contributed by atoms with Crippen LogP contribution in [0.3, 0.4) is 0 Å². The average Bonchev–Trinajstić information content (AvgIpc) is 2.28. The Morgan fingerprint density at radius 3 is 2.36 bits per heavy atom. The van der Waals surface area contributed by atoms with Gasteiger partial charge in [-0.25, -0.2) is 0 Å². The number of nitrogens with zero attached hydrogens (tertiary/aromatic N) is 1. The first kappa shape index (κ1) is 11.2. The van der Waals surface area contributed by atoms with Crippen molar-refractivity contribution in [3.8, 4) is 0 Å². The molecule has 0 aromatic heterocycles. The number of likely N-dealkylation sites (N-methyl/N-ethyl adjacent to an activating group) is 1. The third kappa shape index (κ3) is 2.54. The van der Waals surface area contributed by atoms with Gasteiger partial charge < -0.3 is 5.32 Å². The highest BCUT2D eigenvalue weighted by atomic mass is 16.2. The van der Waals surface area contributed by atoms with Crippen molar-refractivity contribution in [1.82, 2.24) is 10.2 Å². The fourth-order valence-electron chi connectivity index (χ4n) is 1.34. The highest BCUT2D eigenvalue weighted by Crippen LogP contribution is 2.14. The first-order valence-electron chi connectivity index (χ1n) is 4.85. The Hall–Kier alpha value is -0.900. The normalized spacial score (nSPS) is 23.4. The third-order valence-electron chi connectivity index (χ3n) is 2.26. The minimum Gasteiger partial charge on any atom is -0.305 e. The molecule has 0 spiro atoms. The average molecular weight is 198 g/mol. The van der Waals surface area contributed by atoms with E-state index >= 15 is 0 Å². The summed E-state index contributed by atoms with van der Waals surface area (Å²) in [5.74, 6) is -0.208. The van der Waals surface area contributed by atoms with E-state index in [0.717, 1.165) is 6.54 Å². The third-order valence-corrected chi connectivity index (χ3v) is 2.26. The van der Waals surface area contributed by atoms with Crippen LogP contribution in [0.15, 0.2) is 0 Å². The molecule has 1 heterocycles. The standard InChI is InChI=1S/C10H18N2O2/c1-10(2,3)6-11-7-5-8(13)12(4)9(7)14/h7,11H,5-6H2,1-4H3. The van der Waals surface area contributed by atoms with Crippen LogP contribution in [0, 0.1) is 5.41 Å². The molecule has 80 valence electrons. The van der Waals surface area contributed by atoms with Gasteiger partial charge in [-0.3, -0.25) is 14.5 Å². The molecule has 2 amide bonds. The van der Waals surface area contributed by atoms with Crippen molar-refractivity contribution in [3.05, 3.63) is 0 Å². The Morgan fingerprint density at radius 1 is 1.43 bits per heavy atom. The second-order valence-electron chi connectivity index (χ2n) is 4.99. The number of carbonyl (C=O) groups excluding carboxylic acids is 2. The van der Waals surface area contributed by atoms with E-state index in [1.807, 2.05) is 0 Å². The molecule has 4 heteroatoms. The van der Waals surface area contributed by atoms with E-state index in [9.17, 15) is 9.59 Å². The van der Waals surface area contributed by atoms with Crippen LogP contribution in [0.2, 0.25) is 0 Å². The number of rotatable bonds is 2. The summed E-state index contributed by atoms with van der Waals surface area (Å²) < 4.78 is 0. The largest absolute Gasteiger partial charge is 0.305 e. The second kappa shape index (κ2) is 3.69. The van der Waals surface area contributed by atoms with Gasteiger partial charge in [-0.1, -0.05) is 20.8 Å². The smallest absolute Gasteiger partial charge is 0.246 e. The first-order valence-corrected chi connectivity index (χ1v) is 4.85. The SMILES string of the molecule is CN1C(=O)CC(NCC(C)(C)C)C1=O. The molecule has 1 aliphatic rings. The number of imide groups is 1. The lowest BCUT2D eigenvalue weighted by molar-refractivity contribution is -0.137. The predicted molar refractivity (Wildman–Crippen MR) is 53.6 cm³/mol. The van der Waals surface area contributed by atoms with Gasteiger partial charge in [-0.15, -0.1) is 0 Å². The summed E-state index contributed by atoms with van der Waals surface area (Å²) in [6.45, 7) is 7.01. The van der Waals surface area contributed by atoms with E-state index < -0.39 is 0 Å². The number of hydrogen-bond donors (Lipinski definition) is 1. The lowest BCUT2D eigenvalue weighted by Gasteiger charge is -2.21. The molecule has 1 atom stereocenters. The first-order chi connectivity index (χ1) is 6.31. The van der Waals surface area contributed by atoms with Gasteiger partial charge in [0.25, 0.3) is 0 Å². The van der Waals surface area contributed by atoms with Gasteiger partial charge in [0.15, 0.2) is 0 Å². The molecule has 1 unspecified atom stereocenters. The van der Waals surface area contributed by atoms with Crippen LogP contribution >= 0.6 is 0 Å². The Bertz CT molecular complexity index is 255. The molecular weight excluding hydrogens is 180 g/mol. The minimum atomic E-state index is -0.313. The maximum Gasteiger partial charge on any atom is 0.246 e. The van der Waals surface area contributed by atoms with Gasteiger partial charge in [0.05, 0.1) is 12.5 Å². The van der Waals surface area contributed by atoms with Gasteiger partial charge >= 0.3 is 0 Å². The van der Waals surface area contributed by atoms with Crippen LogP contribution in [-0.2, 0) is 9.59 Å². The van der Waals surface area contributed by atoms with Crippen LogP contribution < -0.4 is 5.32 Å².